The molecule has 4 amide bonds. The molecule has 1 unspecified atom stereocenters. The Morgan fingerprint density at radius 1 is 0.943 bits per heavy atom. The number of carbonyl (C=O) groups excluding carboxylic acids is 4. The van der Waals surface area contributed by atoms with E-state index in [1.54, 1.807) is 48.5 Å². The Hall–Kier alpha value is -3.97. The van der Waals surface area contributed by atoms with Crippen molar-refractivity contribution in [3.63, 3.8) is 0 Å². The van der Waals surface area contributed by atoms with Gasteiger partial charge in [-0.05, 0) is 47.5 Å². The molecule has 0 bridgehead atoms. The Bertz CT molecular complexity index is 1240. The Balaban J connectivity index is 1.59. The number of hydrogen-bond acceptors (Lipinski definition) is 4. The van der Waals surface area contributed by atoms with E-state index in [1.165, 1.54) is 11.8 Å². The average molecular weight is 490 g/mol. The van der Waals surface area contributed by atoms with Gasteiger partial charge in [-0.15, -0.1) is 0 Å². The van der Waals surface area contributed by atoms with Crippen LogP contribution in [0.25, 0.3) is 0 Å². The van der Waals surface area contributed by atoms with E-state index < -0.39 is 11.9 Å². The maximum Gasteiger partial charge on any atom is 0.257 e. The van der Waals surface area contributed by atoms with Gasteiger partial charge < -0.3 is 10.2 Å². The van der Waals surface area contributed by atoms with Crippen LogP contribution in [0.5, 0.6) is 0 Å². The van der Waals surface area contributed by atoms with E-state index in [1.807, 2.05) is 30.3 Å². The smallest absolute Gasteiger partial charge is 0.257 e. The monoisotopic (exact) mass is 489 g/mol. The van der Waals surface area contributed by atoms with E-state index in [4.69, 9.17) is 11.6 Å². The van der Waals surface area contributed by atoms with Crippen LogP contribution in [0.2, 0.25) is 5.02 Å². The molecule has 8 heteroatoms. The zero-order valence-electron chi connectivity index (χ0n) is 19.1. The Morgan fingerprint density at radius 3 is 2.23 bits per heavy atom. The molecule has 178 valence electrons. The van der Waals surface area contributed by atoms with Gasteiger partial charge in [-0.25, -0.2) is 4.90 Å². The quantitative estimate of drug-likeness (QED) is 0.504. The first-order valence-corrected chi connectivity index (χ1v) is 11.5. The number of halogens is 1. The lowest BCUT2D eigenvalue weighted by Gasteiger charge is -2.28. The summed E-state index contributed by atoms with van der Waals surface area (Å²) >= 11 is 5.96. The summed E-state index contributed by atoms with van der Waals surface area (Å²) in [5, 5.41) is 3.22. The lowest BCUT2D eigenvalue weighted by atomic mass is 10.1. The van der Waals surface area contributed by atoms with Crippen LogP contribution >= 0.6 is 11.6 Å². The molecule has 1 heterocycles. The first-order chi connectivity index (χ1) is 16.8. The third-order valence-electron chi connectivity index (χ3n) is 5.73. The van der Waals surface area contributed by atoms with Crippen LogP contribution in [0.15, 0.2) is 78.9 Å². The van der Waals surface area contributed by atoms with Gasteiger partial charge in [0.1, 0.15) is 6.04 Å². The van der Waals surface area contributed by atoms with Gasteiger partial charge >= 0.3 is 0 Å². The fourth-order valence-corrected chi connectivity index (χ4v) is 4.18. The minimum atomic E-state index is -0.919. The van der Waals surface area contributed by atoms with Gasteiger partial charge in [0.05, 0.1) is 18.5 Å². The number of imide groups is 1. The van der Waals surface area contributed by atoms with Crippen LogP contribution in [-0.4, -0.2) is 34.6 Å². The normalized spacial score (nSPS) is 15.3. The average Bonchev–Trinajstić information content (AvgIpc) is 3.13. The molecule has 1 N–H and O–H groups in total. The van der Waals surface area contributed by atoms with Crippen LogP contribution in [0.4, 0.5) is 11.4 Å². The number of hydrogen-bond donors (Lipinski definition) is 1. The molecule has 1 aliphatic rings. The number of nitrogens with zero attached hydrogens (tertiary/aromatic N) is 2. The number of benzene rings is 3. The third kappa shape index (κ3) is 5.75. The maximum absolute atomic E-state index is 13.4. The molecular formula is C27H24ClN3O4. The minimum absolute atomic E-state index is 0.0768. The summed E-state index contributed by atoms with van der Waals surface area (Å²) in [6.45, 7) is 1.60. The van der Waals surface area contributed by atoms with Crippen molar-refractivity contribution in [1.29, 1.82) is 0 Å². The second kappa shape index (κ2) is 10.5. The molecule has 1 aliphatic heterocycles. The van der Waals surface area contributed by atoms with Crippen LogP contribution in [0, 0.1) is 0 Å². The van der Waals surface area contributed by atoms with E-state index in [0.29, 0.717) is 16.4 Å². The highest BCUT2D eigenvalue weighted by Gasteiger charge is 2.44. The Kier molecular flexibility index (Phi) is 7.27. The van der Waals surface area contributed by atoms with Crippen molar-refractivity contribution < 1.29 is 19.2 Å². The van der Waals surface area contributed by atoms with Gasteiger partial charge in [0.15, 0.2) is 0 Å². The maximum atomic E-state index is 13.4. The largest absolute Gasteiger partial charge is 0.326 e. The molecule has 35 heavy (non-hydrogen) atoms. The lowest BCUT2D eigenvalue weighted by Crippen LogP contribution is -2.45. The number of amides is 4. The summed E-state index contributed by atoms with van der Waals surface area (Å²) < 4.78 is 0. The zero-order chi connectivity index (χ0) is 24.9. The molecule has 1 fully saturated rings. The van der Waals surface area contributed by atoms with Crippen LogP contribution in [0.3, 0.4) is 0 Å². The van der Waals surface area contributed by atoms with Gasteiger partial charge in [0, 0.05) is 24.2 Å². The van der Waals surface area contributed by atoms with Crippen molar-refractivity contribution in [2.45, 2.75) is 32.4 Å². The van der Waals surface area contributed by atoms with Gasteiger partial charge in [0.2, 0.25) is 17.7 Å². The molecule has 1 atom stereocenters. The molecule has 4 rings (SSSR count). The second-order valence-electron chi connectivity index (χ2n) is 8.33. The number of carbonyl (C=O) groups is 4. The molecule has 7 nitrogen and oxygen atoms in total. The number of anilines is 2. The van der Waals surface area contributed by atoms with Crippen LogP contribution < -0.4 is 10.2 Å². The van der Waals surface area contributed by atoms with Crippen molar-refractivity contribution in [1.82, 2.24) is 4.90 Å². The molecule has 1 saturated heterocycles. The van der Waals surface area contributed by atoms with E-state index in [-0.39, 0.29) is 37.1 Å². The van der Waals surface area contributed by atoms with Gasteiger partial charge in [-0.2, -0.15) is 0 Å². The number of rotatable bonds is 7. The molecule has 0 aliphatic carbocycles. The highest BCUT2D eigenvalue weighted by atomic mass is 35.5. The molecule has 0 radical (unpaired) electrons. The fraction of sp³-hybridized carbons (Fsp3) is 0.185. The molecule has 0 saturated carbocycles. The van der Waals surface area contributed by atoms with Crippen molar-refractivity contribution in [3.05, 3.63) is 95.0 Å². The van der Waals surface area contributed by atoms with E-state index in [2.05, 4.69) is 5.32 Å². The first-order valence-electron chi connectivity index (χ1n) is 11.1. The predicted molar refractivity (Wildman–Crippen MR) is 134 cm³/mol. The molecule has 0 aromatic heterocycles. The van der Waals surface area contributed by atoms with Crippen LogP contribution in [0.1, 0.15) is 24.5 Å². The first kappa shape index (κ1) is 24.2. The summed E-state index contributed by atoms with van der Waals surface area (Å²) in [6.07, 6.45) is -0.0289. The van der Waals surface area contributed by atoms with E-state index in [9.17, 15) is 19.2 Å². The Morgan fingerprint density at radius 2 is 1.60 bits per heavy atom. The summed E-state index contributed by atoms with van der Waals surface area (Å²) in [5.74, 6) is -1.32. The zero-order valence-corrected chi connectivity index (χ0v) is 19.9. The van der Waals surface area contributed by atoms with Crippen molar-refractivity contribution in [3.8, 4) is 0 Å². The van der Waals surface area contributed by atoms with Gasteiger partial charge in [-0.1, -0.05) is 54.1 Å². The van der Waals surface area contributed by atoms with Crippen molar-refractivity contribution >= 4 is 46.6 Å². The standard InChI is InChI=1S/C27H24ClN3O4/c1-18(32)29-22-11-13-23(14-12-22)31-26(34)16-24(27(31)35)30(17-20-5-3-2-4-6-20)25(33)15-19-7-9-21(28)10-8-19/h2-14,24H,15-17H2,1H3,(H,29,32). The molecule has 0 spiro atoms. The minimum Gasteiger partial charge on any atom is -0.326 e. The van der Waals surface area contributed by atoms with E-state index >= 15 is 0 Å². The van der Waals surface area contributed by atoms with E-state index in [0.717, 1.165) is 16.0 Å². The lowest BCUT2D eigenvalue weighted by molar-refractivity contribution is -0.138. The van der Waals surface area contributed by atoms with Gasteiger partial charge in [-0.3, -0.25) is 19.2 Å². The summed E-state index contributed by atoms with van der Waals surface area (Å²) in [7, 11) is 0. The highest BCUT2D eigenvalue weighted by Crippen LogP contribution is 2.28. The topological polar surface area (TPSA) is 86.8 Å². The fourth-order valence-electron chi connectivity index (χ4n) is 4.06. The molecule has 3 aromatic rings. The van der Waals surface area contributed by atoms with Crippen LogP contribution in [-0.2, 0) is 32.1 Å². The third-order valence-corrected chi connectivity index (χ3v) is 5.98. The summed E-state index contributed by atoms with van der Waals surface area (Å²) in [5.41, 5.74) is 2.57. The molecule has 3 aromatic carbocycles. The number of nitrogens with one attached hydrogen (secondary N) is 1. The SMILES string of the molecule is CC(=O)Nc1ccc(N2C(=O)CC(N(Cc3ccccc3)C(=O)Cc3ccc(Cl)cc3)C2=O)cc1. The molecular weight excluding hydrogens is 466 g/mol. The predicted octanol–water partition coefficient (Wildman–Crippen LogP) is 4.20. The summed E-state index contributed by atoms with van der Waals surface area (Å²) in [6, 6.07) is 21.8. The summed E-state index contributed by atoms with van der Waals surface area (Å²) in [4.78, 5) is 53.6. The second-order valence-corrected chi connectivity index (χ2v) is 8.76. The van der Waals surface area contributed by atoms with Crippen molar-refractivity contribution in [2.75, 3.05) is 10.2 Å². The Labute approximate surface area is 208 Å². The highest BCUT2D eigenvalue weighted by molar-refractivity contribution is 6.30. The van der Waals surface area contributed by atoms with Crippen molar-refractivity contribution in [2.24, 2.45) is 0 Å². The van der Waals surface area contributed by atoms with Gasteiger partial charge in [0.25, 0.3) is 5.91 Å².